The Labute approximate surface area is 129 Å². The Kier molecular flexibility index (Phi) is 7.62. The van der Waals surface area contributed by atoms with Crippen molar-refractivity contribution in [1.29, 1.82) is 0 Å². The van der Waals surface area contributed by atoms with Crippen molar-refractivity contribution in [2.75, 3.05) is 13.2 Å². The van der Waals surface area contributed by atoms with E-state index in [9.17, 15) is 4.79 Å². The SMILES string of the molecule is CCNCc1ccc(OCC(=O)NC(C)CC)c(Br)c1. The monoisotopic (exact) mass is 342 g/mol. The highest BCUT2D eigenvalue weighted by Gasteiger charge is 2.08. The average Bonchev–Trinajstić information content (AvgIpc) is 2.43. The summed E-state index contributed by atoms with van der Waals surface area (Å²) in [6, 6.07) is 6.06. The summed E-state index contributed by atoms with van der Waals surface area (Å²) in [6.45, 7) is 7.88. The summed E-state index contributed by atoms with van der Waals surface area (Å²) in [7, 11) is 0. The van der Waals surface area contributed by atoms with Crippen LogP contribution in [-0.4, -0.2) is 25.1 Å². The van der Waals surface area contributed by atoms with Crippen LogP contribution >= 0.6 is 15.9 Å². The Morgan fingerprint density at radius 1 is 1.40 bits per heavy atom. The summed E-state index contributed by atoms with van der Waals surface area (Å²) in [5, 5.41) is 6.13. The highest BCUT2D eigenvalue weighted by molar-refractivity contribution is 9.10. The Hall–Kier alpha value is -1.07. The van der Waals surface area contributed by atoms with Gasteiger partial charge in [0.2, 0.25) is 0 Å². The van der Waals surface area contributed by atoms with Crippen molar-refractivity contribution in [2.24, 2.45) is 0 Å². The number of rotatable bonds is 8. The van der Waals surface area contributed by atoms with Crippen molar-refractivity contribution < 1.29 is 9.53 Å². The summed E-state index contributed by atoms with van der Waals surface area (Å²) >= 11 is 3.47. The van der Waals surface area contributed by atoms with E-state index in [2.05, 4.69) is 33.5 Å². The molecule has 0 heterocycles. The molecule has 0 saturated heterocycles. The van der Waals surface area contributed by atoms with Gasteiger partial charge in [-0.3, -0.25) is 4.79 Å². The second-order valence-corrected chi connectivity index (χ2v) is 5.56. The van der Waals surface area contributed by atoms with Crippen molar-refractivity contribution in [2.45, 2.75) is 39.8 Å². The third-order valence-electron chi connectivity index (χ3n) is 2.95. The summed E-state index contributed by atoms with van der Waals surface area (Å²) < 4.78 is 6.39. The molecule has 0 aliphatic rings. The van der Waals surface area contributed by atoms with Crippen LogP contribution in [0.1, 0.15) is 32.8 Å². The van der Waals surface area contributed by atoms with Crippen LogP contribution in [0.25, 0.3) is 0 Å². The molecule has 2 N–H and O–H groups in total. The zero-order valence-corrected chi connectivity index (χ0v) is 13.9. The Bertz CT molecular complexity index is 438. The maximum Gasteiger partial charge on any atom is 0.258 e. The first-order valence-corrected chi connectivity index (χ1v) is 7.77. The highest BCUT2D eigenvalue weighted by Crippen LogP contribution is 2.25. The molecule has 1 amide bonds. The Balaban J connectivity index is 2.50. The summed E-state index contributed by atoms with van der Waals surface area (Å²) in [5.41, 5.74) is 1.18. The fourth-order valence-corrected chi connectivity index (χ4v) is 2.14. The highest BCUT2D eigenvalue weighted by atomic mass is 79.9. The molecule has 0 saturated carbocycles. The zero-order valence-electron chi connectivity index (χ0n) is 12.3. The van der Waals surface area contributed by atoms with Crippen molar-refractivity contribution in [3.8, 4) is 5.75 Å². The van der Waals surface area contributed by atoms with Gasteiger partial charge in [-0.05, 0) is 53.5 Å². The van der Waals surface area contributed by atoms with Crippen LogP contribution in [0.4, 0.5) is 0 Å². The first kappa shape index (κ1) is 17.0. The molecule has 0 aliphatic carbocycles. The lowest BCUT2D eigenvalue weighted by Crippen LogP contribution is -2.35. The molecule has 4 nitrogen and oxygen atoms in total. The van der Waals surface area contributed by atoms with E-state index < -0.39 is 0 Å². The third kappa shape index (κ3) is 5.92. The van der Waals surface area contributed by atoms with Gasteiger partial charge < -0.3 is 15.4 Å². The molecule has 0 spiro atoms. The van der Waals surface area contributed by atoms with Gasteiger partial charge in [-0.15, -0.1) is 0 Å². The van der Waals surface area contributed by atoms with E-state index in [1.807, 2.05) is 32.0 Å². The second kappa shape index (κ2) is 8.97. The van der Waals surface area contributed by atoms with Crippen LogP contribution in [0.2, 0.25) is 0 Å². The first-order valence-electron chi connectivity index (χ1n) is 6.98. The van der Waals surface area contributed by atoms with E-state index >= 15 is 0 Å². The van der Waals surface area contributed by atoms with Gasteiger partial charge in [0.1, 0.15) is 5.75 Å². The molecular formula is C15H23BrN2O2. The van der Waals surface area contributed by atoms with Gasteiger partial charge in [0.25, 0.3) is 5.91 Å². The number of carbonyl (C=O) groups excluding carboxylic acids is 1. The normalized spacial score (nSPS) is 12.0. The average molecular weight is 343 g/mol. The van der Waals surface area contributed by atoms with Crippen molar-refractivity contribution in [3.05, 3.63) is 28.2 Å². The molecule has 0 aromatic heterocycles. The van der Waals surface area contributed by atoms with Crippen LogP contribution in [0.5, 0.6) is 5.75 Å². The van der Waals surface area contributed by atoms with E-state index in [1.165, 1.54) is 5.56 Å². The number of ether oxygens (including phenoxy) is 1. The first-order chi connectivity index (χ1) is 9.56. The van der Waals surface area contributed by atoms with Crippen molar-refractivity contribution in [3.63, 3.8) is 0 Å². The molecule has 0 bridgehead atoms. The minimum atomic E-state index is -0.0945. The van der Waals surface area contributed by atoms with Gasteiger partial charge in [-0.2, -0.15) is 0 Å². The molecule has 1 aromatic rings. The van der Waals surface area contributed by atoms with Gasteiger partial charge in [-0.25, -0.2) is 0 Å². The maximum absolute atomic E-state index is 11.6. The van der Waals surface area contributed by atoms with Gasteiger partial charge in [0.05, 0.1) is 4.47 Å². The number of halogens is 1. The van der Waals surface area contributed by atoms with E-state index in [0.29, 0.717) is 5.75 Å². The van der Waals surface area contributed by atoms with E-state index in [0.717, 1.165) is 24.0 Å². The van der Waals surface area contributed by atoms with E-state index in [-0.39, 0.29) is 18.6 Å². The lowest BCUT2D eigenvalue weighted by atomic mass is 10.2. The number of nitrogens with one attached hydrogen (secondary N) is 2. The lowest BCUT2D eigenvalue weighted by molar-refractivity contribution is -0.123. The fraction of sp³-hybridized carbons (Fsp3) is 0.533. The predicted octanol–water partition coefficient (Wildman–Crippen LogP) is 2.85. The number of benzene rings is 1. The molecule has 0 fully saturated rings. The number of carbonyl (C=O) groups is 1. The van der Waals surface area contributed by atoms with Crippen LogP contribution in [0.15, 0.2) is 22.7 Å². The molecule has 0 aliphatic heterocycles. The zero-order chi connectivity index (χ0) is 15.0. The smallest absolute Gasteiger partial charge is 0.258 e. The van der Waals surface area contributed by atoms with E-state index in [4.69, 9.17) is 4.74 Å². The lowest BCUT2D eigenvalue weighted by Gasteiger charge is -2.13. The van der Waals surface area contributed by atoms with E-state index in [1.54, 1.807) is 0 Å². The predicted molar refractivity (Wildman–Crippen MR) is 84.9 cm³/mol. The largest absolute Gasteiger partial charge is 0.483 e. The van der Waals surface area contributed by atoms with Crippen LogP contribution < -0.4 is 15.4 Å². The van der Waals surface area contributed by atoms with Gasteiger partial charge in [0, 0.05) is 12.6 Å². The van der Waals surface area contributed by atoms with Gasteiger partial charge in [-0.1, -0.05) is 19.9 Å². The van der Waals surface area contributed by atoms with Crippen molar-refractivity contribution >= 4 is 21.8 Å². The summed E-state index contributed by atoms with van der Waals surface area (Å²) in [5.74, 6) is 0.590. The molecule has 0 radical (unpaired) electrons. The standard InChI is InChI=1S/C15H23BrN2O2/c1-4-11(3)18-15(19)10-20-14-7-6-12(8-13(14)16)9-17-5-2/h6-8,11,17H,4-5,9-10H2,1-3H3,(H,18,19). The molecule has 1 atom stereocenters. The molecule has 1 rings (SSSR count). The minimum Gasteiger partial charge on any atom is -0.483 e. The van der Waals surface area contributed by atoms with Gasteiger partial charge >= 0.3 is 0 Å². The number of hydrogen-bond acceptors (Lipinski definition) is 3. The quantitative estimate of drug-likeness (QED) is 0.763. The maximum atomic E-state index is 11.6. The Morgan fingerprint density at radius 3 is 2.75 bits per heavy atom. The molecule has 5 heteroatoms. The topological polar surface area (TPSA) is 50.4 Å². The molecule has 1 aromatic carbocycles. The summed E-state index contributed by atoms with van der Waals surface area (Å²) in [4.78, 5) is 11.6. The van der Waals surface area contributed by atoms with Gasteiger partial charge in [0.15, 0.2) is 6.61 Å². The second-order valence-electron chi connectivity index (χ2n) is 4.71. The summed E-state index contributed by atoms with van der Waals surface area (Å²) in [6.07, 6.45) is 0.911. The molecular weight excluding hydrogens is 320 g/mol. The number of amides is 1. The molecule has 112 valence electrons. The van der Waals surface area contributed by atoms with Crippen molar-refractivity contribution in [1.82, 2.24) is 10.6 Å². The fourth-order valence-electron chi connectivity index (χ4n) is 1.60. The van der Waals surface area contributed by atoms with Crippen LogP contribution in [0, 0.1) is 0 Å². The Morgan fingerprint density at radius 2 is 2.15 bits per heavy atom. The number of hydrogen-bond donors (Lipinski definition) is 2. The molecule has 20 heavy (non-hydrogen) atoms. The van der Waals surface area contributed by atoms with Crippen LogP contribution in [0.3, 0.4) is 0 Å². The van der Waals surface area contributed by atoms with Crippen LogP contribution in [-0.2, 0) is 11.3 Å². The minimum absolute atomic E-state index is 0.0372. The third-order valence-corrected chi connectivity index (χ3v) is 3.57. The molecule has 1 unspecified atom stereocenters.